The van der Waals surface area contributed by atoms with Gasteiger partial charge in [-0.1, -0.05) is 11.9 Å². The zero-order valence-corrected chi connectivity index (χ0v) is 16.4. The van der Waals surface area contributed by atoms with Crippen LogP contribution < -0.4 is 10.0 Å². The molecule has 3 nitrogen and oxygen atoms in total. The van der Waals surface area contributed by atoms with Crippen molar-refractivity contribution in [2.24, 2.45) is 5.92 Å². The first-order chi connectivity index (χ1) is 12.0. The Labute approximate surface area is 156 Å². The summed E-state index contributed by atoms with van der Waals surface area (Å²) in [6.07, 6.45) is 6.89. The van der Waals surface area contributed by atoms with E-state index in [-0.39, 0.29) is 0 Å². The molecule has 2 aromatic rings. The van der Waals surface area contributed by atoms with Crippen molar-refractivity contribution in [2.75, 3.05) is 11.9 Å². The molecule has 0 spiro atoms. The van der Waals surface area contributed by atoms with Gasteiger partial charge in [-0.25, -0.2) is 0 Å². The minimum Gasteiger partial charge on any atom is -0.464 e. The maximum atomic E-state index is 5.44. The van der Waals surface area contributed by atoms with Crippen LogP contribution in [0.2, 0.25) is 0 Å². The minimum absolute atomic E-state index is 0.292. The number of rotatable bonds is 6. The highest BCUT2D eigenvalue weighted by Gasteiger charge is 2.22. The highest BCUT2D eigenvalue weighted by molar-refractivity contribution is 7.98. The maximum Gasteiger partial charge on any atom is 0.133 e. The molecule has 2 N–H and O–H groups in total. The van der Waals surface area contributed by atoms with Crippen LogP contribution in [-0.2, 0) is 0 Å². The SMILES string of the molecule is CC(C)(C)SNC1CCC(CNc2ccc(-c3ccco3)cc2)CC1. The van der Waals surface area contributed by atoms with Gasteiger partial charge >= 0.3 is 0 Å². The van der Waals surface area contributed by atoms with Gasteiger partial charge in [0, 0.05) is 28.6 Å². The van der Waals surface area contributed by atoms with Gasteiger partial charge in [-0.05, 0) is 88.8 Å². The lowest BCUT2D eigenvalue weighted by Gasteiger charge is -2.31. The fourth-order valence-electron chi connectivity index (χ4n) is 3.20. The summed E-state index contributed by atoms with van der Waals surface area (Å²) >= 11 is 1.88. The summed E-state index contributed by atoms with van der Waals surface area (Å²) < 4.78 is 9.39. The molecule has 0 atom stereocenters. The third-order valence-electron chi connectivity index (χ3n) is 4.66. The van der Waals surface area contributed by atoms with Crippen molar-refractivity contribution in [3.63, 3.8) is 0 Å². The van der Waals surface area contributed by atoms with Gasteiger partial charge in [0.05, 0.1) is 6.26 Å². The summed E-state index contributed by atoms with van der Waals surface area (Å²) in [7, 11) is 0. The minimum atomic E-state index is 0.292. The Morgan fingerprint density at radius 2 is 1.76 bits per heavy atom. The van der Waals surface area contributed by atoms with Crippen molar-refractivity contribution in [3.8, 4) is 11.3 Å². The van der Waals surface area contributed by atoms with Crippen LogP contribution in [0.15, 0.2) is 47.1 Å². The second-order valence-electron chi connectivity index (χ2n) is 7.99. The predicted octanol–water partition coefficient (Wildman–Crippen LogP) is 5.95. The van der Waals surface area contributed by atoms with Gasteiger partial charge in [-0.3, -0.25) is 4.72 Å². The third-order valence-corrected chi connectivity index (χ3v) is 5.73. The predicted molar refractivity (Wildman–Crippen MR) is 109 cm³/mol. The monoisotopic (exact) mass is 358 g/mol. The summed E-state index contributed by atoms with van der Waals surface area (Å²) in [5.41, 5.74) is 2.32. The van der Waals surface area contributed by atoms with Gasteiger partial charge in [-0.15, -0.1) is 0 Å². The fraction of sp³-hybridized carbons (Fsp3) is 0.524. The molecule has 1 aliphatic carbocycles. The van der Waals surface area contributed by atoms with Crippen molar-refractivity contribution in [1.29, 1.82) is 0 Å². The topological polar surface area (TPSA) is 37.2 Å². The molecular weight excluding hydrogens is 328 g/mol. The maximum absolute atomic E-state index is 5.44. The lowest BCUT2D eigenvalue weighted by molar-refractivity contribution is 0.328. The first-order valence-corrected chi connectivity index (χ1v) is 10.1. The van der Waals surface area contributed by atoms with Crippen molar-refractivity contribution < 1.29 is 4.42 Å². The fourth-order valence-corrected chi connectivity index (χ4v) is 3.96. The van der Waals surface area contributed by atoms with Gasteiger partial charge in [0.25, 0.3) is 0 Å². The van der Waals surface area contributed by atoms with E-state index >= 15 is 0 Å². The number of hydrogen-bond donors (Lipinski definition) is 2. The molecule has 0 bridgehead atoms. The Kier molecular flexibility index (Phi) is 6.13. The van der Waals surface area contributed by atoms with E-state index in [1.165, 1.54) is 31.4 Å². The largest absolute Gasteiger partial charge is 0.464 e. The molecule has 25 heavy (non-hydrogen) atoms. The van der Waals surface area contributed by atoms with Crippen LogP contribution in [0.4, 0.5) is 5.69 Å². The molecule has 0 radical (unpaired) electrons. The Morgan fingerprint density at radius 3 is 2.36 bits per heavy atom. The zero-order chi connectivity index (χ0) is 17.7. The molecule has 0 saturated heterocycles. The molecule has 1 saturated carbocycles. The molecule has 0 amide bonds. The van der Waals surface area contributed by atoms with E-state index in [2.05, 4.69) is 55.1 Å². The average Bonchev–Trinajstić information content (AvgIpc) is 3.13. The van der Waals surface area contributed by atoms with Crippen molar-refractivity contribution in [3.05, 3.63) is 42.7 Å². The van der Waals surface area contributed by atoms with E-state index in [9.17, 15) is 0 Å². The molecule has 1 heterocycles. The summed E-state index contributed by atoms with van der Waals surface area (Å²) in [4.78, 5) is 0. The van der Waals surface area contributed by atoms with E-state index in [0.29, 0.717) is 10.8 Å². The summed E-state index contributed by atoms with van der Waals surface area (Å²) in [5, 5.41) is 3.60. The van der Waals surface area contributed by atoms with Crippen molar-refractivity contribution in [1.82, 2.24) is 4.72 Å². The quantitative estimate of drug-likeness (QED) is 0.625. The lowest BCUT2D eigenvalue weighted by Crippen LogP contribution is -2.33. The van der Waals surface area contributed by atoms with E-state index in [1.54, 1.807) is 6.26 Å². The number of furan rings is 1. The summed E-state index contributed by atoms with van der Waals surface area (Å²) in [6.45, 7) is 7.85. The zero-order valence-electron chi connectivity index (χ0n) is 15.5. The normalized spacial score (nSPS) is 21.2. The van der Waals surface area contributed by atoms with Crippen LogP contribution >= 0.6 is 11.9 Å². The third kappa shape index (κ3) is 5.82. The molecular formula is C21H30N2OS. The Bertz CT molecular complexity index is 623. The first-order valence-electron chi connectivity index (χ1n) is 9.31. The van der Waals surface area contributed by atoms with E-state index in [1.807, 2.05) is 24.1 Å². The van der Waals surface area contributed by atoms with E-state index < -0.39 is 0 Å². The number of nitrogens with one attached hydrogen (secondary N) is 2. The lowest BCUT2D eigenvalue weighted by atomic mass is 9.86. The van der Waals surface area contributed by atoms with Crippen LogP contribution in [0.3, 0.4) is 0 Å². The summed E-state index contributed by atoms with van der Waals surface area (Å²) in [5.74, 6) is 1.70. The van der Waals surface area contributed by atoms with Crippen molar-refractivity contribution >= 4 is 17.6 Å². The van der Waals surface area contributed by atoms with Gasteiger partial charge in [-0.2, -0.15) is 0 Å². The first kappa shape index (κ1) is 18.4. The van der Waals surface area contributed by atoms with Crippen LogP contribution in [0.25, 0.3) is 11.3 Å². The Balaban J connectivity index is 1.40. The van der Waals surface area contributed by atoms with Gasteiger partial charge in [0.2, 0.25) is 0 Å². The molecule has 1 fully saturated rings. The molecule has 1 aromatic heterocycles. The number of benzene rings is 1. The van der Waals surface area contributed by atoms with Gasteiger partial charge in [0.1, 0.15) is 5.76 Å². The van der Waals surface area contributed by atoms with Crippen LogP contribution in [0.5, 0.6) is 0 Å². The smallest absolute Gasteiger partial charge is 0.133 e. The average molecular weight is 359 g/mol. The van der Waals surface area contributed by atoms with Crippen LogP contribution in [-0.4, -0.2) is 17.3 Å². The van der Waals surface area contributed by atoms with Crippen molar-refractivity contribution in [2.45, 2.75) is 57.2 Å². The second kappa shape index (κ2) is 8.33. The Morgan fingerprint density at radius 1 is 1.04 bits per heavy atom. The van der Waals surface area contributed by atoms with Gasteiger partial charge < -0.3 is 9.73 Å². The molecule has 3 rings (SSSR count). The molecule has 4 heteroatoms. The highest BCUT2D eigenvalue weighted by Crippen LogP contribution is 2.29. The van der Waals surface area contributed by atoms with Gasteiger partial charge in [0.15, 0.2) is 0 Å². The molecule has 0 aliphatic heterocycles. The summed E-state index contributed by atoms with van der Waals surface area (Å²) in [6, 6.07) is 13.1. The second-order valence-corrected chi connectivity index (χ2v) is 9.65. The number of anilines is 1. The standard InChI is InChI=1S/C21H30N2OS/c1-21(2,3)25-23-19-10-6-16(7-11-19)15-22-18-12-8-17(9-13-18)20-5-4-14-24-20/h4-5,8-9,12-14,16,19,22-23H,6-7,10-11,15H2,1-3H3. The number of hydrogen-bond acceptors (Lipinski definition) is 4. The van der Waals surface area contributed by atoms with Crippen LogP contribution in [0.1, 0.15) is 46.5 Å². The highest BCUT2D eigenvalue weighted by atomic mass is 32.2. The molecule has 0 unspecified atom stereocenters. The van der Waals surface area contributed by atoms with Crippen LogP contribution in [0, 0.1) is 5.92 Å². The molecule has 1 aliphatic rings. The Hall–Kier alpha value is -1.39. The van der Waals surface area contributed by atoms with E-state index in [0.717, 1.165) is 23.8 Å². The molecule has 136 valence electrons. The van der Waals surface area contributed by atoms with E-state index in [4.69, 9.17) is 4.42 Å². The molecule has 1 aromatic carbocycles.